The van der Waals surface area contributed by atoms with Crippen molar-refractivity contribution in [2.75, 3.05) is 7.11 Å². The van der Waals surface area contributed by atoms with E-state index in [0.29, 0.717) is 0 Å². The van der Waals surface area contributed by atoms with E-state index in [0.717, 1.165) is 5.75 Å². The number of ether oxygens (including phenoxy) is 1. The van der Waals surface area contributed by atoms with Crippen LogP contribution in [0, 0.1) is 0 Å². The van der Waals surface area contributed by atoms with Crippen LogP contribution in [0.5, 0.6) is 5.75 Å². The summed E-state index contributed by atoms with van der Waals surface area (Å²) in [6, 6.07) is 18.3. The zero-order valence-electron chi connectivity index (χ0n) is 9.67. The van der Waals surface area contributed by atoms with Crippen molar-refractivity contribution >= 4 is 17.8 Å². The lowest BCUT2D eigenvalue weighted by Gasteiger charge is -1.99. The zero-order valence-corrected chi connectivity index (χ0v) is 10.5. The first-order valence-electron chi connectivity index (χ1n) is 5.41. The smallest absolute Gasteiger partial charge is 0.118 e. The van der Waals surface area contributed by atoms with Crippen LogP contribution >= 0.6 is 11.8 Å². The van der Waals surface area contributed by atoms with Gasteiger partial charge in [-0.3, -0.25) is 0 Å². The average molecular weight is 242 g/mol. The van der Waals surface area contributed by atoms with Crippen molar-refractivity contribution in [2.24, 2.45) is 0 Å². The fraction of sp³-hybridized carbons (Fsp3) is 0.0667. The van der Waals surface area contributed by atoms with E-state index in [-0.39, 0.29) is 0 Å². The first-order valence-corrected chi connectivity index (χ1v) is 6.29. The molecule has 0 aromatic heterocycles. The Hall–Kier alpha value is -1.67. The second-order valence-electron chi connectivity index (χ2n) is 3.51. The van der Waals surface area contributed by atoms with E-state index in [1.54, 1.807) is 18.9 Å². The van der Waals surface area contributed by atoms with Gasteiger partial charge in [0.2, 0.25) is 0 Å². The summed E-state index contributed by atoms with van der Waals surface area (Å²) in [7, 11) is 1.68. The van der Waals surface area contributed by atoms with Crippen LogP contribution in [0.25, 0.3) is 6.08 Å². The number of benzene rings is 2. The van der Waals surface area contributed by atoms with Crippen LogP contribution in [-0.2, 0) is 0 Å². The molecule has 0 amide bonds. The molecule has 2 aromatic rings. The Labute approximate surface area is 106 Å². The second-order valence-corrected chi connectivity index (χ2v) is 4.49. The predicted octanol–water partition coefficient (Wildman–Crippen LogP) is 4.46. The molecule has 2 rings (SSSR count). The van der Waals surface area contributed by atoms with Crippen LogP contribution < -0.4 is 4.74 Å². The third-order valence-corrected chi connectivity index (χ3v) is 3.14. The number of thioether (sulfide) groups is 1. The SMILES string of the molecule is COc1ccc(/C=C\Sc2ccccc2)cc1. The highest BCUT2D eigenvalue weighted by molar-refractivity contribution is 8.02. The highest BCUT2D eigenvalue weighted by atomic mass is 32.2. The molecule has 0 saturated carbocycles. The van der Waals surface area contributed by atoms with Gasteiger partial charge in [-0.05, 0) is 41.3 Å². The lowest BCUT2D eigenvalue weighted by molar-refractivity contribution is 0.415. The normalized spacial score (nSPS) is 10.6. The molecule has 86 valence electrons. The highest BCUT2D eigenvalue weighted by Crippen LogP contribution is 2.20. The molecule has 0 aliphatic heterocycles. The molecule has 0 fully saturated rings. The molecule has 0 aliphatic carbocycles. The van der Waals surface area contributed by atoms with Crippen LogP contribution in [0.2, 0.25) is 0 Å². The maximum absolute atomic E-state index is 5.11. The van der Waals surface area contributed by atoms with Crippen LogP contribution in [0.15, 0.2) is 64.9 Å². The zero-order chi connectivity index (χ0) is 11.9. The molecule has 0 saturated heterocycles. The molecular weight excluding hydrogens is 228 g/mol. The van der Waals surface area contributed by atoms with Crippen molar-refractivity contribution in [1.29, 1.82) is 0 Å². The van der Waals surface area contributed by atoms with E-state index in [4.69, 9.17) is 4.74 Å². The molecule has 0 atom stereocenters. The van der Waals surface area contributed by atoms with Crippen molar-refractivity contribution in [3.8, 4) is 5.75 Å². The van der Waals surface area contributed by atoms with E-state index >= 15 is 0 Å². The average Bonchev–Trinajstić information content (AvgIpc) is 2.41. The van der Waals surface area contributed by atoms with Gasteiger partial charge in [-0.2, -0.15) is 0 Å². The molecule has 2 heteroatoms. The Balaban J connectivity index is 1.96. The Kier molecular flexibility index (Phi) is 4.28. The molecule has 0 N–H and O–H groups in total. The van der Waals surface area contributed by atoms with E-state index in [9.17, 15) is 0 Å². The van der Waals surface area contributed by atoms with Gasteiger partial charge in [-0.25, -0.2) is 0 Å². The summed E-state index contributed by atoms with van der Waals surface area (Å²) in [5.41, 5.74) is 1.18. The largest absolute Gasteiger partial charge is 0.497 e. The minimum atomic E-state index is 0.887. The maximum Gasteiger partial charge on any atom is 0.118 e. The summed E-state index contributed by atoms with van der Waals surface area (Å²) >= 11 is 1.71. The van der Waals surface area contributed by atoms with Gasteiger partial charge < -0.3 is 4.74 Å². The van der Waals surface area contributed by atoms with Crippen molar-refractivity contribution in [2.45, 2.75) is 4.90 Å². The Morgan fingerprint density at radius 1 is 0.941 bits per heavy atom. The van der Waals surface area contributed by atoms with Gasteiger partial charge in [0.25, 0.3) is 0 Å². The van der Waals surface area contributed by atoms with Crippen LogP contribution in [0.3, 0.4) is 0 Å². The van der Waals surface area contributed by atoms with Gasteiger partial charge in [0.1, 0.15) is 5.75 Å². The van der Waals surface area contributed by atoms with Crippen LogP contribution in [-0.4, -0.2) is 7.11 Å². The Bertz CT molecular complexity index is 474. The van der Waals surface area contributed by atoms with E-state index in [2.05, 4.69) is 23.6 Å². The summed E-state index contributed by atoms with van der Waals surface area (Å²) in [4.78, 5) is 1.25. The topological polar surface area (TPSA) is 9.23 Å². The standard InChI is InChI=1S/C15H14OS/c1-16-14-9-7-13(8-10-14)11-12-17-15-5-3-2-4-6-15/h2-12H,1H3/b12-11-. The van der Waals surface area contributed by atoms with E-state index < -0.39 is 0 Å². The maximum atomic E-state index is 5.11. The molecule has 0 spiro atoms. The summed E-state index contributed by atoms with van der Waals surface area (Å²) in [5.74, 6) is 0.887. The summed E-state index contributed by atoms with van der Waals surface area (Å²) < 4.78 is 5.11. The monoisotopic (exact) mass is 242 g/mol. The number of rotatable bonds is 4. The lowest BCUT2D eigenvalue weighted by Crippen LogP contribution is -1.81. The third kappa shape index (κ3) is 3.68. The summed E-state index contributed by atoms with van der Waals surface area (Å²) in [6.45, 7) is 0. The van der Waals surface area contributed by atoms with Crippen molar-refractivity contribution < 1.29 is 4.74 Å². The number of hydrogen-bond acceptors (Lipinski definition) is 2. The van der Waals surface area contributed by atoms with Crippen LogP contribution in [0.1, 0.15) is 5.56 Å². The molecule has 1 nitrogen and oxygen atoms in total. The first kappa shape index (κ1) is 11.8. The van der Waals surface area contributed by atoms with Gasteiger partial charge >= 0.3 is 0 Å². The minimum absolute atomic E-state index is 0.887. The van der Waals surface area contributed by atoms with Gasteiger partial charge in [0.05, 0.1) is 7.11 Å². The van der Waals surface area contributed by atoms with Gasteiger partial charge in [0, 0.05) is 4.90 Å². The Morgan fingerprint density at radius 3 is 2.29 bits per heavy atom. The summed E-state index contributed by atoms with van der Waals surface area (Å²) in [6.07, 6.45) is 2.09. The third-order valence-electron chi connectivity index (χ3n) is 2.32. The number of hydrogen-bond donors (Lipinski definition) is 0. The lowest BCUT2D eigenvalue weighted by atomic mass is 10.2. The molecular formula is C15H14OS. The molecule has 0 heterocycles. The van der Waals surface area contributed by atoms with Crippen molar-refractivity contribution in [3.05, 3.63) is 65.6 Å². The minimum Gasteiger partial charge on any atom is -0.497 e. The first-order chi connectivity index (χ1) is 8.38. The number of methoxy groups -OCH3 is 1. The van der Waals surface area contributed by atoms with E-state index in [1.807, 2.05) is 42.5 Å². The quantitative estimate of drug-likeness (QED) is 0.732. The predicted molar refractivity (Wildman–Crippen MR) is 74.3 cm³/mol. The highest BCUT2D eigenvalue weighted by Gasteiger charge is 1.90. The fourth-order valence-electron chi connectivity index (χ4n) is 1.41. The van der Waals surface area contributed by atoms with Crippen molar-refractivity contribution in [1.82, 2.24) is 0 Å². The van der Waals surface area contributed by atoms with Crippen molar-refractivity contribution in [3.63, 3.8) is 0 Å². The molecule has 0 bridgehead atoms. The molecule has 0 aliphatic rings. The van der Waals surface area contributed by atoms with Crippen LogP contribution in [0.4, 0.5) is 0 Å². The van der Waals surface area contributed by atoms with Gasteiger partial charge in [-0.1, -0.05) is 42.1 Å². The molecule has 2 aromatic carbocycles. The molecule has 0 unspecified atom stereocenters. The second kappa shape index (κ2) is 6.16. The van der Waals surface area contributed by atoms with Gasteiger partial charge in [-0.15, -0.1) is 0 Å². The molecule has 0 radical (unpaired) electrons. The van der Waals surface area contributed by atoms with Gasteiger partial charge in [0.15, 0.2) is 0 Å². The summed E-state index contributed by atoms with van der Waals surface area (Å²) in [5, 5.41) is 2.09. The molecule has 17 heavy (non-hydrogen) atoms. The van der Waals surface area contributed by atoms with E-state index in [1.165, 1.54) is 10.5 Å². The Morgan fingerprint density at radius 2 is 1.65 bits per heavy atom. The fourth-order valence-corrected chi connectivity index (χ4v) is 2.10.